The number of para-hydroxylation sites is 2. The molecule has 6 nitrogen and oxygen atoms in total. The average Bonchev–Trinajstić information content (AvgIpc) is 2.76. The molecule has 85 heavy (non-hydrogen) atoms. The summed E-state index contributed by atoms with van der Waals surface area (Å²) in [6.07, 6.45) is 0. The number of rotatable bonds is 9. The van der Waals surface area contributed by atoms with E-state index in [1.165, 1.54) is 66.1 Å². The fourth-order valence-electron chi connectivity index (χ4n) is 13.2. The van der Waals surface area contributed by atoms with Gasteiger partial charge in [0.25, 0.3) is 0 Å². The Hall–Kier alpha value is -11.0. The first-order valence-corrected chi connectivity index (χ1v) is 29.2. The standard InChI is InChI=1S/C79H56N6/c1-49-31-37-71-63(43-49)64-44-50(2)32-38-72(64)83(71)69-29-17-15-27-61(69)77-80-78(62-28-16-18-30-70(62)84-73-39-33-51(3)45-65(73)66-46-52(4)34-40-74(66)84)82-79(81-77)85-75-41-35-55(59-25-13-11-23-57(59)53-19-7-5-8-20-53)47-67(75)68-48-56(36-42-76(68)85)60-26-14-12-24-58(60)54-21-9-6-10-22-54/h5-48H,1-4H3. The number of benzene rings is 12. The molecule has 0 saturated carbocycles. The molecule has 0 atom stereocenters. The van der Waals surface area contributed by atoms with E-state index < -0.39 is 0 Å². The van der Waals surface area contributed by atoms with Gasteiger partial charge in [-0.25, -0.2) is 4.98 Å². The van der Waals surface area contributed by atoms with E-state index >= 15 is 0 Å². The highest BCUT2D eigenvalue weighted by Crippen LogP contribution is 2.44. The molecule has 16 rings (SSSR count). The summed E-state index contributed by atoms with van der Waals surface area (Å²) in [5.74, 6) is 1.64. The summed E-state index contributed by atoms with van der Waals surface area (Å²) in [6, 6.07) is 96.9. The van der Waals surface area contributed by atoms with E-state index in [0.717, 1.165) is 88.6 Å². The lowest BCUT2D eigenvalue weighted by atomic mass is 9.92. The molecule has 0 amide bonds. The molecule has 16 aromatic rings. The minimum atomic E-state index is 0.515. The molecule has 0 aliphatic carbocycles. The lowest BCUT2D eigenvalue weighted by Gasteiger charge is -2.17. The van der Waals surface area contributed by atoms with Crippen molar-refractivity contribution in [2.24, 2.45) is 0 Å². The third kappa shape index (κ3) is 8.28. The van der Waals surface area contributed by atoms with Gasteiger partial charge >= 0.3 is 0 Å². The topological polar surface area (TPSA) is 53.5 Å². The maximum atomic E-state index is 5.73. The summed E-state index contributed by atoms with van der Waals surface area (Å²) >= 11 is 0. The molecule has 0 radical (unpaired) electrons. The van der Waals surface area contributed by atoms with Gasteiger partial charge in [-0.2, -0.15) is 9.97 Å². The molecule has 0 N–H and O–H groups in total. The Bertz CT molecular complexity index is 4910. The van der Waals surface area contributed by atoms with Crippen LogP contribution in [-0.4, -0.2) is 28.7 Å². The van der Waals surface area contributed by atoms with Gasteiger partial charge < -0.3 is 9.13 Å². The zero-order chi connectivity index (χ0) is 56.9. The Morgan fingerprint density at radius 3 is 0.871 bits per heavy atom. The number of aryl methyl sites for hydroxylation is 4. The van der Waals surface area contributed by atoms with Gasteiger partial charge in [-0.15, -0.1) is 0 Å². The summed E-state index contributed by atoms with van der Waals surface area (Å²) in [4.78, 5) is 17.1. The molecule has 0 saturated heterocycles. The van der Waals surface area contributed by atoms with Crippen LogP contribution in [0.15, 0.2) is 267 Å². The zero-order valence-electron chi connectivity index (χ0n) is 47.6. The summed E-state index contributed by atoms with van der Waals surface area (Å²) in [5.41, 5.74) is 24.3. The van der Waals surface area contributed by atoms with Crippen molar-refractivity contribution in [3.63, 3.8) is 0 Å². The first-order valence-electron chi connectivity index (χ1n) is 29.2. The second-order valence-electron chi connectivity index (χ2n) is 22.7. The van der Waals surface area contributed by atoms with Crippen molar-refractivity contribution in [3.8, 4) is 84.6 Å². The van der Waals surface area contributed by atoms with Gasteiger partial charge in [0.2, 0.25) is 5.95 Å². The van der Waals surface area contributed by atoms with Gasteiger partial charge in [-0.1, -0.05) is 192 Å². The van der Waals surface area contributed by atoms with Gasteiger partial charge in [0.05, 0.1) is 44.5 Å². The number of hydrogen-bond acceptors (Lipinski definition) is 3. The maximum Gasteiger partial charge on any atom is 0.238 e. The van der Waals surface area contributed by atoms with E-state index in [1.54, 1.807) is 0 Å². The Labute approximate surface area is 492 Å². The lowest BCUT2D eigenvalue weighted by Crippen LogP contribution is -2.09. The van der Waals surface area contributed by atoms with E-state index in [-0.39, 0.29) is 0 Å². The zero-order valence-corrected chi connectivity index (χ0v) is 47.6. The Kier molecular flexibility index (Phi) is 11.7. The summed E-state index contributed by atoms with van der Waals surface area (Å²) in [5, 5.41) is 7.00. The molecule has 402 valence electrons. The molecule has 0 spiro atoms. The molecule has 0 bridgehead atoms. The minimum Gasteiger partial charge on any atom is -0.309 e. The van der Waals surface area contributed by atoms with Crippen LogP contribution in [0.25, 0.3) is 150 Å². The van der Waals surface area contributed by atoms with Crippen LogP contribution in [0.5, 0.6) is 0 Å². The van der Waals surface area contributed by atoms with Crippen LogP contribution >= 0.6 is 0 Å². The van der Waals surface area contributed by atoms with Crippen molar-refractivity contribution in [2.75, 3.05) is 0 Å². The highest BCUT2D eigenvalue weighted by Gasteiger charge is 2.25. The molecular weight excluding hydrogens is 1030 g/mol. The smallest absolute Gasteiger partial charge is 0.238 e. The molecule has 0 fully saturated rings. The van der Waals surface area contributed by atoms with E-state index in [1.807, 2.05) is 0 Å². The van der Waals surface area contributed by atoms with Crippen LogP contribution in [0.3, 0.4) is 0 Å². The van der Waals surface area contributed by atoms with Crippen molar-refractivity contribution in [3.05, 3.63) is 289 Å². The third-order valence-corrected chi connectivity index (χ3v) is 17.2. The fraction of sp³-hybridized carbons (Fsp3) is 0.0506. The van der Waals surface area contributed by atoms with Gasteiger partial charge in [0, 0.05) is 43.4 Å². The van der Waals surface area contributed by atoms with Crippen LogP contribution in [0, 0.1) is 27.7 Å². The molecule has 12 aromatic carbocycles. The first-order chi connectivity index (χ1) is 41.8. The van der Waals surface area contributed by atoms with Gasteiger partial charge in [0.1, 0.15) is 0 Å². The second-order valence-corrected chi connectivity index (χ2v) is 22.7. The van der Waals surface area contributed by atoms with Crippen LogP contribution in [0.1, 0.15) is 22.3 Å². The predicted octanol–water partition coefficient (Wildman–Crippen LogP) is 20.4. The molecule has 0 aliphatic rings. The molecule has 0 unspecified atom stereocenters. The van der Waals surface area contributed by atoms with Gasteiger partial charge in [-0.3, -0.25) is 4.57 Å². The Morgan fingerprint density at radius 1 is 0.224 bits per heavy atom. The molecule has 4 aromatic heterocycles. The first kappa shape index (κ1) is 49.8. The van der Waals surface area contributed by atoms with Crippen molar-refractivity contribution in [1.29, 1.82) is 0 Å². The SMILES string of the molecule is Cc1ccc2c(c1)c1cc(C)ccc1n2-c1ccccc1-c1nc(-c2ccccc2-n2c3ccc(C)cc3c3cc(C)ccc32)nc(-n2c3ccc(-c4ccccc4-c4ccccc4)cc3c3cc(-c4ccccc4-c4ccccc4)ccc32)n1. The second kappa shape index (κ2) is 19.9. The molecule has 4 heterocycles. The third-order valence-electron chi connectivity index (χ3n) is 17.2. The van der Waals surface area contributed by atoms with Crippen molar-refractivity contribution in [1.82, 2.24) is 28.7 Å². The number of fused-ring (bicyclic) bond motifs is 9. The largest absolute Gasteiger partial charge is 0.309 e. The van der Waals surface area contributed by atoms with Crippen LogP contribution in [-0.2, 0) is 0 Å². The number of hydrogen-bond donors (Lipinski definition) is 0. The van der Waals surface area contributed by atoms with Crippen molar-refractivity contribution < 1.29 is 0 Å². The number of nitrogens with zero attached hydrogens (tertiary/aromatic N) is 6. The maximum absolute atomic E-state index is 5.73. The van der Waals surface area contributed by atoms with Crippen LogP contribution in [0.4, 0.5) is 0 Å². The van der Waals surface area contributed by atoms with E-state index in [9.17, 15) is 0 Å². The summed E-state index contributed by atoms with van der Waals surface area (Å²) in [7, 11) is 0. The van der Waals surface area contributed by atoms with Gasteiger partial charge in [0.15, 0.2) is 11.6 Å². The van der Waals surface area contributed by atoms with Crippen LogP contribution < -0.4 is 0 Å². The number of aromatic nitrogens is 6. The van der Waals surface area contributed by atoms with Crippen molar-refractivity contribution in [2.45, 2.75) is 27.7 Å². The summed E-state index contributed by atoms with van der Waals surface area (Å²) < 4.78 is 7.05. The lowest BCUT2D eigenvalue weighted by molar-refractivity contribution is 0.950. The average molecular weight is 1090 g/mol. The Balaban J connectivity index is 0.991. The predicted molar refractivity (Wildman–Crippen MR) is 354 cm³/mol. The van der Waals surface area contributed by atoms with Crippen LogP contribution in [0.2, 0.25) is 0 Å². The van der Waals surface area contributed by atoms with Gasteiger partial charge in [-0.05, 0) is 169 Å². The molecular formula is C79H56N6. The van der Waals surface area contributed by atoms with E-state index in [4.69, 9.17) is 15.0 Å². The molecule has 6 heteroatoms. The van der Waals surface area contributed by atoms with Crippen molar-refractivity contribution >= 4 is 65.4 Å². The highest BCUT2D eigenvalue weighted by molar-refractivity contribution is 6.14. The normalized spacial score (nSPS) is 11.8. The molecule has 0 aliphatic heterocycles. The summed E-state index contributed by atoms with van der Waals surface area (Å²) in [6.45, 7) is 8.68. The quantitative estimate of drug-likeness (QED) is 0.145. The van der Waals surface area contributed by atoms with E-state index in [0.29, 0.717) is 17.6 Å². The van der Waals surface area contributed by atoms with E-state index in [2.05, 4.69) is 308 Å². The fourth-order valence-corrected chi connectivity index (χ4v) is 13.2. The monoisotopic (exact) mass is 1090 g/mol. The highest BCUT2D eigenvalue weighted by atomic mass is 15.2. The Morgan fingerprint density at radius 2 is 0.506 bits per heavy atom. The minimum absolute atomic E-state index is 0.515.